The molecule has 2 atom stereocenters. The Morgan fingerprint density at radius 2 is 2.17 bits per heavy atom. The summed E-state index contributed by atoms with van der Waals surface area (Å²) in [5, 5.41) is 11.5. The maximum absolute atomic E-state index is 10.7. The summed E-state index contributed by atoms with van der Waals surface area (Å²) >= 11 is 6.16. The van der Waals surface area contributed by atoms with E-state index in [2.05, 4.69) is 13.8 Å². The molecule has 1 aromatic rings. The van der Waals surface area contributed by atoms with Gasteiger partial charge in [0.25, 0.3) is 0 Å². The van der Waals surface area contributed by atoms with E-state index in [0.717, 1.165) is 10.6 Å². The lowest BCUT2D eigenvalue weighted by molar-refractivity contribution is -0.116. The fraction of sp³-hybridized carbons (Fsp3) is 0.600. The highest BCUT2D eigenvalue weighted by Crippen LogP contribution is 2.33. The highest BCUT2D eigenvalue weighted by atomic mass is 35.5. The molecule has 0 aliphatic carbocycles. The van der Waals surface area contributed by atoms with Crippen LogP contribution in [0.25, 0.3) is 0 Å². The Balaban J connectivity index is 2.09. The van der Waals surface area contributed by atoms with E-state index in [1.807, 2.05) is 24.3 Å². The van der Waals surface area contributed by atoms with Crippen molar-refractivity contribution in [3.05, 3.63) is 34.9 Å². The van der Waals surface area contributed by atoms with Crippen molar-refractivity contribution in [2.75, 3.05) is 6.61 Å². The van der Waals surface area contributed by atoms with Crippen LogP contribution in [0.3, 0.4) is 0 Å². The lowest BCUT2D eigenvalue weighted by Gasteiger charge is -2.38. The van der Waals surface area contributed by atoms with E-state index in [1.54, 1.807) is 0 Å². The summed E-state index contributed by atoms with van der Waals surface area (Å²) in [4.78, 5) is 0. The second-order valence-electron chi connectivity index (χ2n) is 5.60. The van der Waals surface area contributed by atoms with E-state index in [4.69, 9.17) is 16.3 Å². The number of ether oxygens (including phenoxy) is 1. The standard InChI is InChI=1S/C15H21ClO2/c1-11(2)14-10-15(17,7-8-18-14)9-12-5-3-4-6-13(12)16/h3-6,11,14,17H,7-10H2,1-2H3. The molecule has 0 bridgehead atoms. The molecule has 2 unspecified atom stereocenters. The highest BCUT2D eigenvalue weighted by Gasteiger charge is 2.36. The number of halogens is 1. The number of benzene rings is 1. The normalized spacial score (nSPS) is 28.6. The maximum atomic E-state index is 10.7. The fourth-order valence-corrected chi connectivity index (χ4v) is 2.72. The van der Waals surface area contributed by atoms with E-state index in [0.29, 0.717) is 31.8 Å². The van der Waals surface area contributed by atoms with Gasteiger partial charge in [-0.2, -0.15) is 0 Å². The summed E-state index contributed by atoms with van der Waals surface area (Å²) < 4.78 is 5.71. The van der Waals surface area contributed by atoms with Gasteiger partial charge >= 0.3 is 0 Å². The molecule has 0 radical (unpaired) electrons. The molecule has 1 aromatic carbocycles. The van der Waals surface area contributed by atoms with Crippen molar-refractivity contribution in [3.8, 4) is 0 Å². The van der Waals surface area contributed by atoms with Crippen molar-refractivity contribution in [3.63, 3.8) is 0 Å². The Hall–Kier alpha value is -0.570. The third-order valence-corrected chi connectivity index (χ3v) is 4.07. The van der Waals surface area contributed by atoms with Gasteiger partial charge in [0.15, 0.2) is 0 Å². The molecule has 1 heterocycles. The number of hydrogen-bond donors (Lipinski definition) is 1. The Kier molecular flexibility index (Phi) is 4.31. The number of rotatable bonds is 3. The lowest BCUT2D eigenvalue weighted by Crippen LogP contribution is -2.44. The van der Waals surface area contributed by atoms with Crippen LogP contribution in [-0.2, 0) is 11.2 Å². The van der Waals surface area contributed by atoms with Gasteiger partial charge in [-0.25, -0.2) is 0 Å². The van der Waals surface area contributed by atoms with Crippen molar-refractivity contribution in [1.29, 1.82) is 0 Å². The first-order chi connectivity index (χ1) is 8.50. The largest absolute Gasteiger partial charge is 0.389 e. The smallest absolute Gasteiger partial charge is 0.0735 e. The first-order valence-electron chi connectivity index (χ1n) is 6.57. The first kappa shape index (κ1) is 13.9. The zero-order valence-electron chi connectivity index (χ0n) is 11.0. The van der Waals surface area contributed by atoms with Crippen molar-refractivity contribution in [2.45, 2.75) is 44.8 Å². The molecule has 3 heteroatoms. The van der Waals surface area contributed by atoms with Crippen LogP contribution in [0.4, 0.5) is 0 Å². The quantitative estimate of drug-likeness (QED) is 0.910. The van der Waals surface area contributed by atoms with E-state index >= 15 is 0 Å². The minimum absolute atomic E-state index is 0.145. The Labute approximate surface area is 114 Å². The fourth-order valence-electron chi connectivity index (χ4n) is 2.52. The number of hydrogen-bond acceptors (Lipinski definition) is 2. The summed E-state index contributed by atoms with van der Waals surface area (Å²) in [6, 6.07) is 7.74. The second-order valence-corrected chi connectivity index (χ2v) is 6.01. The average Bonchev–Trinajstić information content (AvgIpc) is 2.32. The third kappa shape index (κ3) is 3.25. The summed E-state index contributed by atoms with van der Waals surface area (Å²) in [6.45, 7) is 4.89. The van der Waals surface area contributed by atoms with Crippen molar-refractivity contribution in [2.24, 2.45) is 5.92 Å². The summed E-state index contributed by atoms with van der Waals surface area (Å²) in [5.74, 6) is 0.433. The van der Waals surface area contributed by atoms with Crippen LogP contribution in [0.5, 0.6) is 0 Å². The lowest BCUT2D eigenvalue weighted by atomic mass is 9.82. The van der Waals surface area contributed by atoms with Gasteiger partial charge in [0.1, 0.15) is 0 Å². The van der Waals surface area contributed by atoms with Crippen LogP contribution in [0.15, 0.2) is 24.3 Å². The van der Waals surface area contributed by atoms with Gasteiger partial charge < -0.3 is 9.84 Å². The first-order valence-corrected chi connectivity index (χ1v) is 6.95. The van der Waals surface area contributed by atoms with Gasteiger partial charge in [0.05, 0.1) is 11.7 Å². The monoisotopic (exact) mass is 268 g/mol. The molecule has 0 aromatic heterocycles. The Morgan fingerprint density at radius 1 is 1.44 bits per heavy atom. The van der Waals surface area contributed by atoms with Crippen molar-refractivity contribution >= 4 is 11.6 Å². The molecule has 0 saturated carbocycles. The minimum Gasteiger partial charge on any atom is -0.389 e. The van der Waals surface area contributed by atoms with E-state index in [1.165, 1.54) is 0 Å². The Morgan fingerprint density at radius 3 is 2.83 bits per heavy atom. The molecule has 100 valence electrons. The van der Waals surface area contributed by atoms with Gasteiger partial charge in [-0.15, -0.1) is 0 Å². The molecular formula is C15H21ClO2. The van der Waals surface area contributed by atoms with Crippen LogP contribution in [-0.4, -0.2) is 23.4 Å². The molecule has 1 fully saturated rings. The molecular weight excluding hydrogens is 248 g/mol. The third-order valence-electron chi connectivity index (χ3n) is 3.70. The van der Waals surface area contributed by atoms with Crippen LogP contribution < -0.4 is 0 Å². The molecule has 0 amide bonds. The van der Waals surface area contributed by atoms with Crippen LogP contribution >= 0.6 is 11.6 Å². The minimum atomic E-state index is -0.682. The zero-order valence-corrected chi connectivity index (χ0v) is 11.8. The van der Waals surface area contributed by atoms with Crippen LogP contribution in [0.2, 0.25) is 5.02 Å². The van der Waals surface area contributed by atoms with Crippen LogP contribution in [0.1, 0.15) is 32.3 Å². The molecule has 1 saturated heterocycles. The molecule has 2 rings (SSSR count). The highest BCUT2D eigenvalue weighted by molar-refractivity contribution is 6.31. The average molecular weight is 269 g/mol. The zero-order chi connectivity index (χ0) is 13.2. The molecule has 1 aliphatic rings. The Bertz CT molecular complexity index is 405. The topological polar surface area (TPSA) is 29.5 Å². The van der Waals surface area contributed by atoms with E-state index in [-0.39, 0.29) is 6.10 Å². The van der Waals surface area contributed by atoms with E-state index < -0.39 is 5.60 Å². The summed E-state index contributed by atoms with van der Waals surface area (Å²) in [7, 11) is 0. The maximum Gasteiger partial charge on any atom is 0.0735 e. The van der Waals surface area contributed by atoms with Gasteiger partial charge in [-0.3, -0.25) is 0 Å². The van der Waals surface area contributed by atoms with Gasteiger partial charge in [-0.05, 0) is 24.0 Å². The van der Waals surface area contributed by atoms with Gasteiger partial charge in [-0.1, -0.05) is 43.6 Å². The van der Waals surface area contributed by atoms with Crippen molar-refractivity contribution < 1.29 is 9.84 Å². The predicted octanol–water partition coefficient (Wildman–Crippen LogP) is 3.45. The van der Waals surface area contributed by atoms with E-state index in [9.17, 15) is 5.11 Å². The predicted molar refractivity (Wildman–Crippen MR) is 73.9 cm³/mol. The number of aliphatic hydroxyl groups is 1. The molecule has 1 N–H and O–H groups in total. The second kappa shape index (κ2) is 5.60. The van der Waals surface area contributed by atoms with Crippen LogP contribution in [0, 0.1) is 5.92 Å². The van der Waals surface area contributed by atoms with Gasteiger partial charge in [0.2, 0.25) is 0 Å². The summed E-state index contributed by atoms with van der Waals surface area (Å²) in [6.07, 6.45) is 2.13. The molecule has 1 aliphatic heterocycles. The SMILES string of the molecule is CC(C)C1CC(O)(Cc2ccccc2Cl)CCO1. The van der Waals surface area contributed by atoms with Gasteiger partial charge in [0, 0.05) is 24.5 Å². The molecule has 0 spiro atoms. The van der Waals surface area contributed by atoms with Crippen molar-refractivity contribution in [1.82, 2.24) is 0 Å². The molecule has 18 heavy (non-hydrogen) atoms. The molecule has 2 nitrogen and oxygen atoms in total. The summed E-state index contributed by atoms with van der Waals surface area (Å²) in [5.41, 5.74) is 0.337.